The molecule has 1 heterocycles. The first-order valence-electron chi connectivity index (χ1n) is 5.59. The van der Waals surface area contributed by atoms with Crippen molar-refractivity contribution in [3.05, 3.63) is 35.0 Å². The minimum Gasteiger partial charge on any atom is -0.381 e. The summed E-state index contributed by atoms with van der Waals surface area (Å²) in [7, 11) is 0. The minimum absolute atomic E-state index is 0.0423. The van der Waals surface area contributed by atoms with Gasteiger partial charge < -0.3 is 5.73 Å². The molecule has 4 nitrogen and oxygen atoms in total. The van der Waals surface area contributed by atoms with Crippen LogP contribution in [0.15, 0.2) is 12.1 Å². The highest BCUT2D eigenvalue weighted by Gasteiger charge is 2.21. The molecule has 0 saturated heterocycles. The standard InChI is InChI=1S/C12H14F2N4/c1-6(2)10-12(15)16-17-18(10)11-8(13)5-4-7(3)9(11)14/h4-6H,15H2,1-3H3. The lowest BCUT2D eigenvalue weighted by molar-refractivity contribution is 0.543. The van der Waals surface area contributed by atoms with E-state index in [1.165, 1.54) is 12.1 Å². The number of halogens is 2. The quantitative estimate of drug-likeness (QED) is 0.893. The van der Waals surface area contributed by atoms with Gasteiger partial charge in [-0.1, -0.05) is 25.1 Å². The average Bonchev–Trinajstić information content (AvgIpc) is 2.66. The number of nitrogens with two attached hydrogens (primary N) is 1. The lowest BCUT2D eigenvalue weighted by Crippen LogP contribution is -2.10. The Balaban J connectivity index is 2.74. The Bertz CT molecular complexity index is 590. The van der Waals surface area contributed by atoms with E-state index < -0.39 is 11.6 Å². The molecule has 96 valence electrons. The maximum absolute atomic E-state index is 14.0. The predicted molar refractivity (Wildman–Crippen MR) is 64.5 cm³/mol. The Morgan fingerprint density at radius 3 is 2.56 bits per heavy atom. The van der Waals surface area contributed by atoms with Crippen molar-refractivity contribution in [3.63, 3.8) is 0 Å². The highest BCUT2D eigenvalue weighted by molar-refractivity contribution is 5.45. The Morgan fingerprint density at radius 1 is 1.28 bits per heavy atom. The Labute approximate surface area is 103 Å². The summed E-state index contributed by atoms with van der Waals surface area (Å²) in [5.74, 6) is -1.20. The molecule has 0 aliphatic heterocycles. The van der Waals surface area contributed by atoms with Gasteiger partial charge in [-0.25, -0.2) is 13.5 Å². The van der Waals surface area contributed by atoms with Crippen LogP contribution in [0.3, 0.4) is 0 Å². The van der Waals surface area contributed by atoms with E-state index in [-0.39, 0.29) is 17.4 Å². The second-order valence-electron chi connectivity index (χ2n) is 4.45. The molecule has 0 aliphatic carbocycles. The molecule has 2 aromatic rings. The van der Waals surface area contributed by atoms with E-state index in [0.29, 0.717) is 11.3 Å². The zero-order valence-electron chi connectivity index (χ0n) is 10.4. The first-order valence-corrected chi connectivity index (χ1v) is 5.59. The molecule has 0 amide bonds. The molecular formula is C12H14F2N4. The number of hydrogen-bond donors (Lipinski definition) is 1. The van der Waals surface area contributed by atoms with Crippen LogP contribution in [0.4, 0.5) is 14.6 Å². The van der Waals surface area contributed by atoms with E-state index >= 15 is 0 Å². The largest absolute Gasteiger partial charge is 0.381 e. The second-order valence-corrected chi connectivity index (χ2v) is 4.45. The maximum Gasteiger partial charge on any atom is 0.169 e. The van der Waals surface area contributed by atoms with Gasteiger partial charge in [-0.15, -0.1) is 5.10 Å². The van der Waals surface area contributed by atoms with Gasteiger partial charge in [-0.3, -0.25) is 0 Å². The van der Waals surface area contributed by atoms with Crippen molar-refractivity contribution in [1.29, 1.82) is 0 Å². The van der Waals surface area contributed by atoms with E-state index in [4.69, 9.17) is 5.73 Å². The second kappa shape index (κ2) is 4.36. The van der Waals surface area contributed by atoms with Gasteiger partial charge in [0.15, 0.2) is 17.5 Å². The zero-order valence-corrected chi connectivity index (χ0v) is 10.4. The molecule has 6 heteroatoms. The van der Waals surface area contributed by atoms with Gasteiger partial charge in [-0.2, -0.15) is 0 Å². The van der Waals surface area contributed by atoms with Gasteiger partial charge in [-0.05, 0) is 24.5 Å². The molecule has 0 spiro atoms. The molecular weight excluding hydrogens is 238 g/mol. The van der Waals surface area contributed by atoms with Gasteiger partial charge in [0, 0.05) is 0 Å². The fourth-order valence-electron chi connectivity index (χ4n) is 1.84. The summed E-state index contributed by atoms with van der Waals surface area (Å²) >= 11 is 0. The smallest absolute Gasteiger partial charge is 0.169 e. The van der Waals surface area contributed by atoms with Crippen molar-refractivity contribution < 1.29 is 8.78 Å². The third-order valence-electron chi connectivity index (χ3n) is 2.75. The van der Waals surface area contributed by atoms with Crippen LogP contribution in [0.5, 0.6) is 0 Å². The fraction of sp³-hybridized carbons (Fsp3) is 0.333. The van der Waals surface area contributed by atoms with Crippen LogP contribution in [0, 0.1) is 18.6 Å². The van der Waals surface area contributed by atoms with Gasteiger partial charge in [0.05, 0.1) is 5.69 Å². The summed E-state index contributed by atoms with van der Waals surface area (Å²) in [5.41, 5.74) is 6.29. The number of benzene rings is 1. The Kier molecular flexibility index (Phi) is 3.02. The molecule has 1 aromatic carbocycles. The number of rotatable bonds is 2. The van der Waals surface area contributed by atoms with Crippen molar-refractivity contribution in [3.8, 4) is 5.69 Å². The van der Waals surface area contributed by atoms with E-state index in [2.05, 4.69) is 10.3 Å². The number of nitrogen functional groups attached to an aromatic ring is 1. The minimum atomic E-state index is -0.690. The van der Waals surface area contributed by atoms with Gasteiger partial charge in [0.1, 0.15) is 5.69 Å². The SMILES string of the molecule is Cc1ccc(F)c(-n2nnc(N)c2C(C)C)c1F. The lowest BCUT2D eigenvalue weighted by Gasteiger charge is -2.12. The van der Waals surface area contributed by atoms with Crippen LogP contribution in [-0.2, 0) is 0 Å². The summed E-state index contributed by atoms with van der Waals surface area (Å²) in [5, 5.41) is 7.42. The molecule has 2 rings (SSSR count). The summed E-state index contributed by atoms with van der Waals surface area (Å²) < 4.78 is 29.0. The molecule has 0 radical (unpaired) electrons. The first kappa shape index (κ1) is 12.5. The van der Waals surface area contributed by atoms with Gasteiger partial charge >= 0.3 is 0 Å². The predicted octanol–water partition coefficient (Wildman–Crippen LogP) is 2.56. The third-order valence-corrected chi connectivity index (χ3v) is 2.75. The number of hydrogen-bond acceptors (Lipinski definition) is 3. The van der Waals surface area contributed by atoms with Gasteiger partial charge in [0.25, 0.3) is 0 Å². The number of anilines is 1. The summed E-state index contributed by atoms with van der Waals surface area (Å²) in [6.07, 6.45) is 0. The van der Waals surface area contributed by atoms with Crippen LogP contribution < -0.4 is 5.73 Å². The van der Waals surface area contributed by atoms with Crippen molar-refractivity contribution in [1.82, 2.24) is 15.0 Å². The Morgan fingerprint density at radius 2 is 1.94 bits per heavy atom. The molecule has 2 N–H and O–H groups in total. The van der Waals surface area contributed by atoms with E-state index in [1.807, 2.05) is 13.8 Å². The fourth-order valence-corrected chi connectivity index (χ4v) is 1.84. The lowest BCUT2D eigenvalue weighted by atomic mass is 10.1. The van der Waals surface area contributed by atoms with Crippen LogP contribution in [0.25, 0.3) is 5.69 Å². The molecule has 0 aliphatic rings. The topological polar surface area (TPSA) is 56.7 Å². The van der Waals surface area contributed by atoms with Gasteiger partial charge in [0.2, 0.25) is 0 Å². The van der Waals surface area contributed by atoms with Crippen LogP contribution in [0.1, 0.15) is 31.0 Å². The van der Waals surface area contributed by atoms with E-state index in [9.17, 15) is 8.78 Å². The van der Waals surface area contributed by atoms with Crippen LogP contribution in [-0.4, -0.2) is 15.0 Å². The normalized spacial score (nSPS) is 11.2. The zero-order chi connectivity index (χ0) is 13.4. The van der Waals surface area contributed by atoms with Crippen molar-refractivity contribution >= 4 is 5.82 Å². The van der Waals surface area contributed by atoms with E-state index in [1.54, 1.807) is 6.92 Å². The molecule has 1 aromatic heterocycles. The maximum atomic E-state index is 14.0. The number of aryl methyl sites for hydroxylation is 1. The first-order chi connectivity index (χ1) is 8.43. The molecule has 0 bridgehead atoms. The van der Waals surface area contributed by atoms with Crippen molar-refractivity contribution in [2.75, 3.05) is 5.73 Å². The molecule has 0 fully saturated rings. The molecule has 0 saturated carbocycles. The van der Waals surface area contributed by atoms with Crippen molar-refractivity contribution in [2.24, 2.45) is 0 Å². The number of aromatic nitrogens is 3. The van der Waals surface area contributed by atoms with Crippen molar-refractivity contribution in [2.45, 2.75) is 26.7 Å². The summed E-state index contributed by atoms with van der Waals surface area (Å²) in [6, 6.07) is 2.58. The monoisotopic (exact) mass is 252 g/mol. The highest BCUT2D eigenvalue weighted by Crippen LogP contribution is 2.26. The van der Waals surface area contributed by atoms with E-state index in [0.717, 1.165) is 4.68 Å². The van der Waals surface area contributed by atoms with Crippen LogP contribution in [0.2, 0.25) is 0 Å². The van der Waals surface area contributed by atoms with Crippen LogP contribution >= 0.6 is 0 Å². The molecule has 0 atom stereocenters. The molecule has 0 unspecified atom stereocenters. The third kappa shape index (κ3) is 1.83. The Hall–Kier alpha value is -1.98. The summed E-state index contributed by atoms with van der Waals surface area (Å²) in [6.45, 7) is 5.28. The average molecular weight is 252 g/mol. The molecule has 18 heavy (non-hydrogen) atoms. The number of nitrogens with zero attached hydrogens (tertiary/aromatic N) is 3. The summed E-state index contributed by atoms with van der Waals surface area (Å²) in [4.78, 5) is 0. The highest BCUT2D eigenvalue weighted by atomic mass is 19.1.